The van der Waals surface area contributed by atoms with Crippen LogP contribution in [0.3, 0.4) is 0 Å². The highest BCUT2D eigenvalue weighted by atomic mass is 16.5. The third-order valence-corrected chi connectivity index (χ3v) is 3.65. The SMILES string of the molecule is COc1ccc2ccnc(N3CCOC(CN)C3)c2c1. The first-order valence-corrected chi connectivity index (χ1v) is 6.81. The Bertz CT molecular complexity index is 603. The summed E-state index contributed by atoms with van der Waals surface area (Å²) in [4.78, 5) is 6.79. The standard InChI is InChI=1S/C15H19N3O2/c1-19-12-3-2-11-4-5-17-15(14(11)8-12)18-6-7-20-13(9-16)10-18/h2-5,8,13H,6-7,9-10,16H2,1H3. The summed E-state index contributed by atoms with van der Waals surface area (Å²) in [6.45, 7) is 2.83. The van der Waals surface area contributed by atoms with Crippen molar-refractivity contribution in [3.8, 4) is 5.75 Å². The molecular formula is C15H19N3O2. The summed E-state index contributed by atoms with van der Waals surface area (Å²) in [7, 11) is 1.68. The monoisotopic (exact) mass is 273 g/mol. The van der Waals surface area contributed by atoms with Gasteiger partial charge in [-0.3, -0.25) is 0 Å². The number of hydrogen-bond donors (Lipinski definition) is 1. The van der Waals surface area contributed by atoms with Gasteiger partial charge in [0, 0.05) is 31.2 Å². The third kappa shape index (κ3) is 2.42. The Morgan fingerprint density at radius 2 is 2.35 bits per heavy atom. The molecule has 1 aliphatic rings. The Hall–Kier alpha value is -1.85. The fourth-order valence-corrected chi connectivity index (χ4v) is 2.57. The van der Waals surface area contributed by atoms with Gasteiger partial charge in [-0.15, -0.1) is 0 Å². The van der Waals surface area contributed by atoms with Crippen LogP contribution >= 0.6 is 0 Å². The van der Waals surface area contributed by atoms with E-state index in [9.17, 15) is 0 Å². The minimum Gasteiger partial charge on any atom is -0.497 e. The summed E-state index contributed by atoms with van der Waals surface area (Å²) in [5.41, 5.74) is 5.71. The van der Waals surface area contributed by atoms with Crippen LogP contribution in [0, 0.1) is 0 Å². The molecule has 2 aromatic rings. The van der Waals surface area contributed by atoms with E-state index < -0.39 is 0 Å². The van der Waals surface area contributed by atoms with E-state index in [4.69, 9.17) is 15.2 Å². The lowest BCUT2D eigenvalue weighted by molar-refractivity contribution is 0.0464. The van der Waals surface area contributed by atoms with Crippen LogP contribution in [0.25, 0.3) is 10.8 Å². The summed E-state index contributed by atoms with van der Waals surface area (Å²) in [6.07, 6.45) is 1.92. The molecule has 0 aliphatic carbocycles. The maximum absolute atomic E-state index is 5.71. The minimum absolute atomic E-state index is 0.0754. The summed E-state index contributed by atoms with van der Waals surface area (Å²) < 4.78 is 10.9. The predicted molar refractivity (Wildman–Crippen MR) is 79.3 cm³/mol. The van der Waals surface area contributed by atoms with E-state index >= 15 is 0 Å². The summed E-state index contributed by atoms with van der Waals surface area (Å²) in [6, 6.07) is 8.07. The molecule has 1 fully saturated rings. The van der Waals surface area contributed by atoms with Crippen molar-refractivity contribution in [2.75, 3.05) is 38.3 Å². The van der Waals surface area contributed by atoms with Gasteiger partial charge in [-0.2, -0.15) is 0 Å². The summed E-state index contributed by atoms with van der Waals surface area (Å²) in [5, 5.41) is 2.26. The van der Waals surface area contributed by atoms with Gasteiger partial charge in [-0.05, 0) is 23.6 Å². The first kappa shape index (κ1) is 13.1. The van der Waals surface area contributed by atoms with Gasteiger partial charge in [0.1, 0.15) is 11.6 Å². The second-order valence-corrected chi connectivity index (χ2v) is 4.90. The molecule has 20 heavy (non-hydrogen) atoms. The molecule has 5 nitrogen and oxygen atoms in total. The second-order valence-electron chi connectivity index (χ2n) is 4.90. The predicted octanol–water partition coefficient (Wildman–Crippen LogP) is 1.41. The van der Waals surface area contributed by atoms with Crippen molar-refractivity contribution in [3.63, 3.8) is 0 Å². The van der Waals surface area contributed by atoms with Crippen LogP contribution in [0.1, 0.15) is 0 Å². The zero-order chi connectivity index (χ0) is 13.9. The topological polar surface area (TPSA) is 60.6 Å². The van der Waals surface area contributed by atoms with Gasteiger partial charge in [0.05, 0.1) is 19.8 Å². The fraction of sp³-hybridized carbons (Fsp3) is 0.400. The van der Waals surface area contributed by atoms with Crippen LogP contribution in [0.5, 0.6) is 5.75 Å². The first-order chi connectivity index (χ1) is 9.81. The number of methoxy groups -OCH3 is 1. The molecule has 1 aromatic heterocycles. The Kier molecular flexibility index (Phi) is 3.71. The number of pyridine rings is 1. The molecular weight excluding hydrogens is 254 g/mol. The van der Waals surface area contributed by atoms with Crippen molar-refractivity contribution in [3.05, 3.63) is 30.5 Å². The van der Waals surface area contributed by atoms with Crippen LogP contribution in [-0.2, 0) is 4.74 Å². The Labute approximate surface area is 118 Å². The normalized spacial score (nSPS) is 19.3. The molecule has 0 radical (unpaired) electrons. The van der Waals surface area contributed by atoms with Crippen molar-refractivity contribution in [2.24, 2.45) is 5.73 Å². The van der Waals surface area contributed by atoms with Gasteiger partial charge in [-0.25, -0.2) is 4.98 Å². The molecule has 1 saturated heterocycles. The number of morpholine rings is 1. The largest absolute Gasteiger partial charge is 0.497 e. The number of nitrogens with zero attached hydrogens (tertiary/aromatic N) is 2. The van der Waals surface area contributed by atoms with E-state index in [0.29, 0.717) is 13.2 Å². The molecule has 1 aromatic carbocycles. The average Bonchev–Trinajstić information content (AvgIpc) is 2.53. The maximum atomic E-state index is 5.71. The van der Waals surface area contributed by atoms with Crippen LogP contribution in [0.15, 0.2) is 30.5 Å². The molecule has 0 spiro atoms. The number of nitrogens with two attached hydrogens (primary N) is 1. The number of benzene rings is 1. The molecule has 1 unspecified atom stereocenters. The molecule has 5 heteroatoms. The van der Waals surface area contributed by atoms with Crippen LogP contribution in [0.2, 0.25) is 0 Å². The van der Waals surface area contributed by atoms with Gasteiger partial charge >= 0.3 is 0 Å². The zero-order valence-corrected chi connectivity index (χ0v) is 11.6. The van der Waals surface area contributed by atoms with E-state index in [1.165, 1.54) is 0 Å². The summed E-state index contributed by atoms with van der Waals surface area (Å²) in [5.74, 6) is 1.82. The number of aromatic nitrogens is 1. The first-order valence-electron chi connectivity index (χ1n) is 6.81. The van der Waals surface area contributed by atoms with E-state index in [-0.39, 0.29) is 6.10 Å². The Morgan fingerprint density at radius 3 is 3.15 bits per heavy atom. The van der Waals surface area contributed by atoms with Crippen molar-refractivity contribution >= 4 is 16.6 Å². The molecule has 106 valence electrons. The molecule has 1 aliphatic heterocycles. The lowest BCUT2D eigenvalue weighted by atomic mass is 10.1. The van der Waals surface area contributed by atoms with Crippen LogP contribution in [0.4, 0.5) is 5.82 Å². The third-order valence-electron chi connectivity index (χ3n) is 3.65. The number of fused-ring (bicyclic) bond motifs is 1. The van der Waals surface area contributed by atoms with E-state index in [1.54, 1.807) is 7.11 Å². The molecule has 3 rings (SSSR count). The fourth-order valence-electron chi connectivity index (χ4n) is 2.57. The van der Waals surface area contributed by atoms with Gasteiger partial charge in [0.25, 0.3) is 0 Å². The van der Waals surface area contributed by atoms with Crippen molar-refractivity contribution in [2.45, 2.75) is 6.10 Å². The molecule has 0 bridgehead atoms. The Balaban J connectivity index is 2.01. The number of anilines is 1. The van der Waals surface area contributed by atoms with Crippen molar-refractivity contribution in [1.29, 1.82) is 0 Å². The van der Waals surface area contributed by atoms with Gasteiger partial charge in [0.15, 0.2) is 0 Å². The molecule has 2 heterocycles. The van der Waals surface area contributed by atoms with Crippen molar-refractivity contribution in [1.82, 2.24) is 4.98 Å². The molecule has 2 N–H and O–H groups in total. The molecule has 0 amide bonds. The van der Waals surface area contributed by atoms with Gasteiger partial charge < -0.3 is 20.1 Å². The number of rotatable bonds is 3. The summed E-state index contributed by atoms with van der Waals surface area (Å²) >= 11 is 0. The lowest BCUT2D eigenvalue weighted by Gasteiger charge is -2.33. The van der Waals surface area contributed by atoms with Crippen LogP contribution in [-0.4, -0.2) is 44.4 Å². The number of hydrogen-bond acceptors (Lipinski definition) is 5. The lowest BCUT2D eigenvalue weighted by Crippen LogP contribution is -2.46. The van der Waals surface area contributed by atoms with E-state index in [2.05, 4.69) is 16.0 Å². The van der Waals surface area contributed by atoms with E-state index in [1.807, 2.05) is 24.4 Å². The minimum atomic E-state index is 0.0754. The highest BCUT2D eigenvalue weighted by molar-refractivity contribution is 5.93. The molecule has 1 atom stereocenters. The Morgan fingerprint density at radius 1 is 1.45 bits per heavy atom. The highest BCUT2D eigenvalue weighted by Gasteiger charge is 2.21. The quantitative estimate of drug-likeness (QED) is 0.916. The van der Waals surface area contributed by atoms with Crippen LogP contribution < -0.4 is 15.4 Å². The van der Waals surface area contributed by atoms with Gasteiger partial charge in [-0.1, -0.05) is 6.07 Å². The number of ether oxygens (including phenoxy) is 2. The molecule has 0 saturated carbocycles. The van der Waals surface area contributed by atoms with E-state index in [0.717, 1.165) is 35.4 Å². The smallest absolute Gasteiger partial charge is 0.136 e. The van der Waals surface area contributed by atoms with Gasteiger partial charge in [0.2, 0.25) is 0 Å². The zero-order valence-electron chi connectivity index (χ0n) is 11.6. The average molecular weight is 273 g/mol. The maximum Gasteiger partial charge on any atom is 0.136 e. The van der Waals surface area contributed by atoms with Crippen molar-refractivity contribution < 1.29 is 9.47 Å². The second kappa shape index (κ2) is 5.64. The highest BCUT2D eigenvalue weighted by Crippen LogP contribution is 2.29.